The summed E-state index contributed by atoms with van der Waals surface area (Å²) in [6, 6.07) is 16.7. The Bertz CT molecular complexity index is 513. The van der Waals surface area contributed by atoms with E-state index < -0.39 is 12.3 Å². The molecule has 0 aromatic heterocycles. The van der Waals surface area contributed by atoms with Crippen LogP contribution >= 0.6 is 0 Å². The molecule has 2 aromatic rings. The van der Waals surface area contributed by atoms with E-state index >= 15 is 0 Å². The van der Waals surface area contributed by atoms with Crippen LogP contribution in [0, 0.1) is 0 Å². The van der Waals surface area contributed by atoms with Crippen LogP contribution in [0.1, 0.15) is 17.2 Å². The molecule has 4 heteroatoms. The monoisotopic (exact) mass is 269 g/mol. The Balaban J connectivity index is 1.98. The van der Waals surface area contributed by atoms with Crippen molar-refractivity contribution in [2.24, 2.45) is 5.73 Å². The first-order valence-electron chi connectivity index (χ1n) is 6.67. The minimum atomic E-state index is -1.06. The number of aliphatic hydroxyl groups excluding tert-OH is 1. The van der Waals surface area contributed by atoms with Crippen LogP contribution in [0.3, 0.4) is 0 Å². The molecule has 2 aromatic carbocycles. The molecule has 0 spiro atoms. The predicted octanol–water partition coefficient (Wildman–Crippen LogP) is 1.73. The fraction of sp³-hybridized carbons (Fsp3) is 0.250. The molecule has 4 N–H and O–H groups in total. The largest absolute Gasteiger partial charge is 0.385 e. The second-order valence-electron chi connectivity index (χ2n) is 4.68. The third-order valence-corrected chi connectivity index (χ3v) is 3.14. The van der Waals surface area contributed by atoms with Gasteiger partial charge in [-0.3, -0.25) is 0 Å². The first-order chi connectivity index (χ1) is 9.70. The number of benzene rings is 2. The zero-order chi connectivity index (χ0) is 14.4. The predicted molar refractivity (Wildman–Crippen MR) is 80.1 cm³/mol. The van der Waals surface area contributed by atoms with E-state index in [0.29, 0.717) is 12.1 Å². The van der Waals surface area contributed by atoms with Gasteiger partial charge in [0.05, 0.1) is 0 Å². The normalized spacial score (nSPS) is 13.8. The van der Waals surface area contributed by atoms with Crippen molar-refractivity contribution < 1.29 is 5.11 Å². The van der Waals surface area contributed by atoms with E-state index in [0.717, 1.165) is 17.7 Å². The van der Waals surface area contributed by atoms with Crippen molar-refractivity contribution in [1.82, 2.24) is 5.73 Å². The molecule has 0 saturated carbocycles. The van der Waals surface area contributed by atoms with E-state index in [1.54, 1.807) is 12.1 Å². The van der Waals surface area contributed by atoms with Gasteiger partial charge in [0.1, 0.15) is 12.3 Å². The number of hydrogen-bond donors (Lipinski definition) is 3. The van der Waals surface area contributed by atoms with E-state index in [-0.39, 0.29) is 0 Å². The first-order valence-corrected chi connectivity index (χ1v) is 6.67. The summed E-state index contributed by atoms with van der Waals surface area (Å²) in [5.74, 6) is 0. The molecule has 1 unspecified atom stereocenters. The lowest BCUT2D eigenvalue weighted by molar-refractivity contribution is 0.154. The highest BCUT2D eigenvalue weighted by molar-refractivity contribution is 5.45. The molecule has 0 saturated heterocycles. The van der Waals surface area contributed by atoms with Gasteiger partial charge in [0, 0.05) is 5.69 Å². The summed E-state index contributed by atoms with van der Waals surface area (Å²) in [6.45, 7) is 0.613. The van der Waals surface area contributed by atoms with Gasteiger partial charge in [-0.05, 0) is 36.2 Å². The SMILES string of the molecule is [N]C(Nc1ccc(CCN)cc1)[C@@H](O)c1ccccc1. The van der Waals surface area contributed by atoms with Gasteiger partial charge in [0.25, 0.3) is 0 Å². The second-order valence-corrected chi connectivity index (χ2v) is 4.68. The maximum Gasteiger partial charge on any atom is 0.142 e. The molecule has 0 aliphatic heterocycles. The standard InChI is InChI=1S/C16H19N3O/c17-11-10-12-6-8-14(9-7-12)19-16(18)15(20)13-4-2-1-3-5-13/h1-9,15-16,19-20H,10-11,17H2/t15-,16?/m0/s1. The van der Waals surface area contributed by atoms with Crippen molar-refractivity contribution >= 4 is 5.69 Å². The number of nitrogens with one attached hydrogen (secondary N) is 1. The summed E-state index contributed by atoms with van der Waals surface area (Å²) in [5, 5.41) is 12.9. The number of nitrogens with zero attached hydrogens (tertiary/aromatic N) is 1. The first kappa shape index (κ1) is 14.5. The molecular formula is C16H19N3O. The van der Waals surface area contributed by atoms with Gasteiger partial charge < -0.3 is 16.2 Å². The van der Waals surface area contributed by atoms with E-state index in [9.17, 15) is 10.8 Å². The third kappa shape index (κ3) is 3.81. The molecule has 20 heavy (non-hydrogen) atoms. The Kier molecular flexibility index (Phi) is 5.12. The number of aliphatic hydroxyl groups is 1. The number of rotatable bonds is 6. The van der Waals surface area contributed by atoms with Crippen LogP contribution in [0.4, 0.5) is 5.69 Å². The fourth-order valence-electron chi connectivity index (χ4n) is 2.02. The Morgan fingerprint density at radius 2 is 1.70 bits per heavy atom. The van der Waals surface area contributed by atoms with Crippen LogP contribution in [-0.4, -0.2) is 17.8 Å². The number of nitrogens with two attached hydrogens (primary N) is 1. The van der Waals surface area contributed by atoms with Gasteiger partial charge in [0.15, 0.2) is 0 Å². The third-order valence-electron chi connectivity index (χ3n) is 3.14. The molecule has 2 radical (unpaired) electrons. The Morgan fingerprint density at radius 3 is 2.30 bits per heavy atom. The van der Waals surface area contributed by atoms with Crippen molar-refractivity contribution in [2.45, 2.75) is 18.7 Å². The van der Waals surface area contributed by atoms with Crippen molar-refractivity contribution in [2.75, 3.05) is 11.9 Å². The molecule has 0 heterocycles. The summed E-state index contributed by atoms with van der Waals surface area (Å²) in [5.41, 5.74) is 18.1. The smallest absolute Gasteiger partial charge is 0.142 e. The van der Waals surface area contributed by atoms with E-state index in [2.05, 4.69) is 5.32 Å². The highest BCUT2D eigenvalue weighted by atomic mass is 16.3. The molecule has 2 atom stereocenters. The van der Waals surface area contributed by atoms with E-state index in [1.807, 2.05) is 42.5 Å². The molecular weight excluding hydrogens is 250 g/mol. The number of anilines is 1. The van der Waals surface area contributed by atoms with Crippen LogP contribution in [-0.2, 0) is 6.42 Å². The van der Waals surface area contributed by atoms with Crippen LogP contribution < -0.4 is 16.8 Å². The van der Waals surface area contributed by atoms with Crippen LogP contribution in [0.5, 0.6) is 0 Å². The van der Waals surface area contributed by atoms with Crippen molar-refractivity contribution in [3.05, 3.63) is 65.7 Å². The average Bonchev–Trinajstić information content (AvgIpc) is 2.49. The van der Waals surface area contributed by atoms with Crippen LogP contribution in [0.15, 0.2) is 54.6 Å². The fourth-order valence-corrected chi connectivity index (χ4v) is 2.02. The Morgan fingerprint density at radius 1 is 1.05 bits per heavy atom. The lowest BCUT2D eigenvalue weighted by Gasteiger charge is -2.19. The highest BCUT2D eigenvalue weighted by Gasteiger charge is 2.18. The topological polar surface area (TPSA) is 80.6 Å². The minimum absolute atomic E-state index is 0.613. The maximum absolute atomic E-state index is 10.1. The zero-order valence-electron chi connectivity index (χ0n) is 11.2. The van der Waals surface area contributed by atoms with Crippen molar-refractivity contribution in [3.63, 3.8) is 0 Å². The van der Waals surface area contributed by atoms with Crippen LogP contribution in [0.25, 0.3) is 0 Å². The lowest BCUT2D eigenvalue weighted by Crippen LogP contribution is -2.28. The summed E-state index contributed by atoms with van der Waals surface area (Å²) in [7, 11) is 0. The molecule has 0 aliphatic carbocycles. The molecule has 0 amide bonds. The van der Waals surface area contributed by atoms with Gasteiger partial charge in [-0.2, -0.15) is 0 Å². The van der Waals surface area contributed by atoms with E-state index in [4.69, 9.17) is 5.73 Å². The second kappa shape index (κ2) is 7.05. The zero-order valence-corrected chi connectivity index (χ0v) is 11.2. The van der Waals surface area contributed by atoms with E-state index in [1.165, 1.54) is 0 Å². The molecule has 0 bridgehead atoms. The van der Waals surface area contributed by atoms with Gasteiger partial charge in [-0.15, -0.1) is 5.73 Å². The molecule has 0 aliphatic rings. The van der Waals surface area contributed by atoms with Crippen molar-refractivity contribution in [1.29, 1.82) is 0 Å². The molecule has 104 valence electrons. The summed E-state index contributed by atoms with van der Waals surface area (Å²) in [6.07, 6.45) is -1.20. The average molecular weight is 269 g/mol. The lowest BCUT2D eigenvalue weighted by atomic mass is 10.1. The summed E-state index contributed by atoms with van der Waals surface area (Å²) >= 11 is 0. The summed E-state index contributed by atoms with van der Waals surface area (Å²) < 4.78 is 0. The van der Waals surface area contributed by atoms with Crippen molar-refractivity contribution in [3.8, 4) is 0 Å². The molecule has 4 nitrogen and oxygen atoms in total. The Labute approximate surface area is 119 Å². The molecule has 0 fully saturated rings. The quantitative estimate of drug-likeness (QED) is 0.747. The van der Waals surface area contributed by atoms with Gasteiger partial charge in [-0.25, -0.2) is 0 Å². The van der Waals surface area contributed by atoms with Gasteiger partial charge >= 0.3 is 0 Å². The van der Waals surface area contributed by atoms with Gasteiger partial charge in [0.2, 0.25) is 0 Å². The highest BCUT2D eigenvalue weighted by Crippen LogP contribution is 2.18. The minimum Gasteiger partial charge on any atom is -0.385 e. The molecule has 2 rings (SSSR count). The van der Waals surface area contributed by atoms with Crippen LogP contribution in [0.2, 0.25) is 0 Å². The summed E-state index contributed by atoms with van der Waals surface area (Å²) in [4.78, 5) is 0. The maximum atomic E-state index is 10.1. The van der Waals surface area contributed by atoms with Gasteiger partial charge in [-0.1, -0.05) is 42.5 Å². The Hall–Kier alpha value is -1.88. The number of hydrogen-bond acceptors (Lipinski definition) is 3.